The number of likely N-dealkylation sites (tertiary alicyclic amines) is 1. The van der Waals surface area contributed by atoms with Gasteiger partial charge in [0.2, 0.25) is 5.91 Å². The molecule has 2 saturated heterocycles. The van der Waals surface area contributed by atoms with Crippen molar-refractivity contribution in [2.75, 3.05) is 19.6 Å². The average Bonchev–Trinajstić information content (AvgIpc) is 2.75. The Morgan fingerprint density at radius 1 is 1.00 bits per heavy atom. The van der Waals surface area contributed by atoms with Crippen LogP contribution < -0.4 is 10.6 Å². The SMILES string of the molecule is CC(=O)NC1(c2ccccc2)CCN([C@H]2CCN[C@@H](Cc3ccccc3)C2)CC1.Cl.Cl.O.O. The minimum Gasteiger partial charge on any atom is -0.412 e. The van der Waals surface area contributed by atoms with Crippen LogP contribution in [0.5, 0.6) is 0 Å². The second-order valence-electron chi connectivity index (χ2n) is 8.68. The van der Waals surface area contributed by atoms with Crippen LogP contribution in [0.2, 0.25) is 0 Å². The molecular weight excluding hydrogens is 461 g/mol. The summed E-state index contributed by atoms with van der Waals surface area (Å²) in [4.78, 5) is 14.6. The first-order valence-electron chi connectivity index (χ1n) is 11.0. The van der Waals surface area contributed by atoms with Crippen molar-refractivity contribution in [1.82, 2.24) is 15.5 Å². The molecule has 0 saturated carbocycles. The highest BCUT2D eigenvalue weighted by Crippen LogP contribution is 2.35. The van der Waals surface area contributed by atoms with Crippen LogP contribution in [-0.2, 0) is 16.8 Å². The fourth-order valence-corrected chi connectivity index (χ4v) is 5.22. The molecule has 0 unspecified atom stereocenters. The number of benzene rings is 2. The first-order chi connectivity index (χ1) is 14.1. The molecule has 186 valence electrons. The number of hydrogen-bond donors (Lipinski definition) is 2. The largest absolute Gasteiger partial charge is 0.412 e. The molecule has 33 heavy (non-hydrogen) atoms. The molecule has 0 radical (unpaired) electrons. The van der Waals surface area contributed by atoms with Crippen molar-refractivity contribution < 1.29 is 15.7 Å². The highest BCUT2D eigenvalue weighted by molar-refractivity contribution is 5.85. The van der Waals surface area contributed by atoms with Gasteiger partial charge in [0.05, 0.1) is 5.54 Å². The van der Waals surface area contributed by atoms with Gasteiger partial charge >= 0.3 is 0 Å². The van der Waals surface area contributed by atoms with E-state index in [0.29, 0.717) is 12.1 Å². The average molecular weight is 501 g/mol. The van der Waals surface area contributed by atoms with Gasteiger partial charge in [-0.15, -0.1) is 24.8 Å². The summed E-state index contributed by atoms with van der Waals surface area (Å²) in [6.45, 7) is 4.81. The lowest BCUT2D eigenvalue weighted by molar-refractivity contribution is -0.121. The molecule has 2 aromatic rings. The fraction of sp³-hybridized carbons (Fsp3) is 0.480. The third-order valence-electron chi connectivity index (χ3n) is 6.70. The first kappa shape index (κ1) is 31.3. The summed E-state index contributed by atoms with van der Waals surface area (Å²) in [5, 5.41) is 7.02. The van der Waals surface area contributed by atoms with Crippen molar-refractivity contribution in [2.45, 2.75) is 56.7 Å². The highest BCUT2D eigenvalue weighted by Gasteiger charge is 2.39. The topological polar surface area (TPSA) is 107 Å². The molecule has 2 atom stereocenters. The van der Waals surface area contributed by atoms with Crippen molar-refractivity contribution in [3.05, 3.63) is 71.8 Å². The van der Waals surface area contributed by atoms with Crippen molar-refractivity contribution in [3.8, 4) is 0 Å². The summed E-state index contributed by atoms with van der Waals surface area (Å²) < 4.78 is 0. The lowest BCUT2D eigenvalue weighted by atomic mass is 9.79. The maximum Gasteiger partial charge on any atom is 0.217 e. The van der Waals surface area contributed by atoms with E-state index in [1.807, 2.05) is 6.07 Å². The van der Waals surface area contributed by atoms with Gasteiger partial charge in [-0.3, -0.25) is 4.79 Å². The summed E-state index contributed by atoms with van der Waals surface area (Å²) in [6.07, 6.45) is 5.47. The van der Waals surface area contributed by atoms with Gasteiger partial charge in [0.1, 0.15) is 0 Å². The number of amides is 1. The minimum atomic E-state index is -0.222. The monoisotopic (exact) mass is 499 g/mol. The number of halogens is 2. The van der Waals surface area contributed by atoms with Gasteiger partial charge < -0.3 is 26.5 Å². The zero-order chi connectivity index (χ0) is 20.1. The number of hydrogen-bond acceptors (Lipinski definition) is 3. The van der Waals surface area contributed by atoms with Gasteiger partial charge in [-0.1, -0.05) is 60.7 Å². The smallest absolute Gasteiger partial charge is 0.217 e. The van der Waals surface area contributed by atoms with Crippen LogP contribution in [0.25, 0.3) is 0 Å². The molecule has 4 rings (SSSR count). The number of nitrogens with one attached hydrogen (secondary N) is 2. The van der Waals surface area contributed by atoms with Gasteiger partial charge in [0.25, 0.3) is 0 Å². The number of piperidine rings is 2. The van der Waals surface area contributed by atoms with E-state index in [1.54, 1.807) is 6.92 Å². The molecule has 2 aliphatic rings. The normalized spacial score (nSPS) is 21.7. The fourth-order valence-electron chi connectivity index (χ4n) is 5.22. The van der Waals surface area contributed by atoms with Crippen LogP contribution >= 0.6 is 24.8 Å². The van der Waals surface area contributed by atoms with Crippen molar-refractivity contribution >= 4 is 30.7 Å². The molecular formula is C25H39Cl2N3O3. The Morgan fingerprint density at radius 3 is 2.15 bits per heavy atom. The summed E-state index contributed by atoms with van der Waals surface area (Å²) in [7, 11) is 0. The molecule has 2 aromatic carbocycles. The van der Waals surface area contributed by atoms with Crippen LogP contribution in [0, 0.1) is 0 Å². The van der Waals surface area contributed by atoms with E-state index in [0.717, 1.165) is 38.9 Å². The second kappa shape index (κ2) is 14.6. The highest BCUT2D eigenvalue weighted by atomic mass is 35.5. The summed E-state index contributed by atoms with van der Waals surface area (Å²) >= 11 is 0. The van der Waals surface area contributed by atoms with E-state index in [4.69, 9.17) is 0 Å². The van der Waals surface area contributed by atoms with Crippen molar-refractivity contribution in [1.29, 1.82) is 0 Å². The van der Waals surface area contributed by atoms with E-state index in [-0.39, 0.29) is 47.2 Å². The first-order valence-corrected chi connectivity index (χ1v) is 11.0. The molecule has 0 bridgehead atoms. The quantitative estimate of drug-likeness (QED) is 0.659. The third kappa shape index (κ3) is 7.95. The minimum absolute atomic E-state index is 0. The zero-order valence-electron chi connectivity index (χ0n) is 19.3. The standard InChI is InChI=1S/C25H33N3O.2ClH.2H2O/c1-20(29)27-25(22-10-6-3-7-11-22)13-16-28(17-14-25)24-12-15-26-23(19-24)18-21-8-4-2-5-9-21;;;;/h2-11,23-24,26H,12-19H2,1H3,(H,27,29);2*1H;2*1H2/t23-,24-;;;;/m0..../s1. The van der Waals surface area contributed by atoms with Gasteiger partial charge in [-0.2, -0.15) is 0 Å². The predicted molar refractivity (Wildman–Crippen MR) is 139 cm³/mol. The molecule has 2 aliphatic heterocycles. The van der Waals surface area contributed by atoms with Crippen molar-refractivity contribution in [3.63, 3.8) is 0 Å². The summed E-state index contributed by atoms with van der Waals surface area (Å²) in [6, 6.07) is 22.5. The lowest BCUT2D eigenvalue weighted by Gasteiger charge is -2.47. The number of rotatable bonds is 5. The molecule has 6 N–H and O–H groups in total. The number of carbonyl (C=O) groups is 1. The van der Waals surface area contributed by atoms with E-state index < -0.39 is 0 Å². The molecule has 1 amide bonds. The Kier molecular flexibility index (Phi) is 13.8. The lowest BCUT2D eigenvalue weighted by Crippen LogP contribution is -2.56. The van der Waals surface area contributed by atoms with Gasteiger partial charge in [-0.05, 0) is 49.8 Å². The van der Waals surface area contributed by atoms with Crippen LogP contribution in [0.3, 0.4) is 0 Å². The van der Waals surface area contributed by atoms with Crippen molar-refractivity contribution in [2.24, 2.45) is 0 Å². The number of carbonyl (C=O) groups excluding carboxylic acids is 1. The van der Waals surface area contributed by atoms with Crippen LogP contribution in [0.15, 0.2) is 60.7 Å². The van der Waals surface area contributed by atoms with Crippen LogP contribution in [0.1, 0.15) is 43.7 Å². The van der Waals surface area contributed by atoms with Gasteiger partial charge in [0.15, 0.2) is 0 Å². The molecule has 6 nitrogen and oxygen atoms in total. The molecule has 0 aliphatic carbocycles. The zero-order valence-corrected chi connectivity index (χ0v) is 20.9. The Hall–Kier alpha value is -1.67. The maximum absolute atomic E-state index is 12.0. The van der Waals surface area contributed by atoms with Crippen LogP contribution in [-0.4, -0.2) is 53.5 Å². The molecule has 2 fully saturated rings. The Labute approximate surface area is 210 Å². The molecule has 2 heterocycles. The summed E-state index contributed by atoms with van der Waals surface area (Å²) in [5.41, 5.74) is 2.43. The molecule has 0 spiro atoms. The molecule has 0 aromatic heterocycles. The van der Waals surface area contributed by atoms with Gasteiger partial charge in [0, 0.05) is 32.1 Å². The maximum atomic E-state index is 12.0. The van der Waals surface area contributed by atoms with Gasteiger partial charge in [-0.25, -0.2) is 0 Å². The third-order valence-corrected chi connectivity index (χ3v) is 6.70. The Morgan fingerprint density at radius 2 is 1.58 bits per heavy atom. The Balaban J connectivity index is 0.00000256. The summed E-state index contributed by atoms with van der Waals surface area (Å²) in [5.74, 6) is 0.0621. The van der Waals surface area contributed by atoms with E-state index in [9.17, 15) is 4.79 Å². The molecule has 8 heteroatoms. The second-order valence-corrected chi connectivity index (χ2v) is 8.68. The van der Waals surface area contributed by atoms with E-state index >= 15 is 0 Å². The van der Waals surface area contributed by atoms with Crippen LogP contribution in [0.4, 0.5) is 0 Å². The van der Waals surface area contributed by atoms with E-state index in [2.05, 4.69) is 70.1 Å². The number of nitrogens with zero attached hydrogens (tertiary/aromatic N) is 1. The predicted octanol–water partition coefficient (Wildman–Crippen LogP) is 2.67. The Bertz CT molecular complexity index is 803. The van der Waals surface area contributed by atoms with E-state index in [1.165, 1.54) is 24.0 Å².